The third-order valence-electron chi connectivity index (χ3n) is 4.77. The number of carbonyl (C=O) groups is 3. The Labute approximate surface area is 187 Å². The second-order valence-corrected chi connectivity index (χ2v) is 8.61. The van der Waals surface area contributed by atoms with Crippen LogP contribution in [0.25, 0.3) is 0 Å². The van der Waals surface area contributed by atoms with Gasteiger partial charge in [-0.3, -0.25) is 14.4 Å². The molecule has 32 heavy (non-hydrogen) atoms. The van der Waals surface area contributed by atoms with Crippen molar-refractivity contribution >= 4 is 17.9 Å². The van der Waals surface area contributed by atoms with Gasteiger partial charge in [0.15, 0.2) is 0 Å². The van der Waals surface area contributed by atoms with Crippen LogP contribution < -0.4 is 11.5 Å². The van der Waals surface area contributed by atoms with Crippen molar-refractivity contribution in [2.45, 2.75) is 45.1 Å². The van der Waals surface area contributed by atoms with Crippen molar-refractivity contribution in [1.29, 1.82) is 0 Å². The van der Waals surface area contributed by atoms with Crippen LogP contribution in [0.2, 0.25) is 0 Å². The first-order valence-corrected chi connectivity index (χ1v) is 10.2. The summed E-state index contributed by atoms with van der Waals surface area (Å²) in [6.45, 7) is 4.86. The molecule has 0 radical (unpaired) electrons. The van der Waals surface area contributed by atoms with Gasteiger partial charge in [0.25, 0.3) is 0 Å². The molecule has 2 unspecified atom stereocenters. The maximum atomic E-state index is 13.2. The third kappa shape index (κ3) is 6.90. The molecule has 2 rings (SSSR count). The van der Waals surface area contributed by atoms with Gasteiger partial charge in [-0.1, -0.05) is 60.7 Å². The molecule has 0 amide bonds. The van der Waals surface area contributed by atoms with E-state index in [2.05, 4.69) is 0 Å². The highest BCUT2D eigenvalue weighted by Gasteiger charge is 2.49. The van der Waals surface area contributed by atoms with Gasteiger partial charge in [-0.2, -0.15) is 0 Å². The lowest BCUT2D eigenvalue weighted by molar-refractivity contribution is -0.174. The van der Waals surface area contributed by atoms with Crippen LogP contribution in [0, 0.1) is 11.8 Å². The van der Waals surface area contributed by atoms with E-state index in [1.165, 1.54) is 0 Å². The Morgan fingerprint density at radius 2 is 1.44 bits per heavy atom. The number of carboxylic acid groups (broad SMARTS) is 1. The molecule has 0 aliphatic heterocycles. The Kier molecular flexibility index (Phi) is 8.13. The normalized spacial score (nSPS) is 13.7. The zero-order valence-corrected chi connectivity index (χ0v) is 18.5. The molecular formula is C24H30N2O6. The Bertz CT molecular complexity index is 923. The predicted molar refractivity (Wildman–Crippen MR) is 118 cm³/mol. The molecular weight excluding hydrogens is 412 g/mol. The summed E-state index contributed by atoms with van der Waals surface area (Å²) in [7, 11) is 0. The number of ether oxygens (including phenoxy) is 2. The Hall–Kier alpha value is -3.23. The maximum absolute atomic E-state index is 13.2. The summed E-state index contributed by atoms with van der Waals surface area (Å²) in [6.07, 6.45) is -0.708. The molecule has 0 spiro atoms. The van der Waals surface area contributed by atoms with Crippen molar-refractivity contribution in [2.75, 3.05) is 0 Å². The molecule has 0 aliphatic rings. The first-order chi connectivity index (χ1) is 14.9. The molecule has 0 saturated heterocycles. The molecule has 0 bridgehead atoms. The molecule has 0 heterocycles. The summed E-state index contributed by atoms with van der Waals surface area (Å²) in [4.78, 5) is 37.9. The topological polar surface area (TPSA) is 142 Å². The monoisotopic (exact) mass is 442 g/mol. The number of benzene rings is 2. The number of hydrogen-bond donors (Lipinski definition) is 3. The van der Waals surface area contributed by atoms with E-state index in [4.69, 9.17) is 20.9 Å². The van der Waals surface area contributed by atoms with Gasteiger partial charge < -0.3 is 26.0 Å². The second-order valence-electron chi connectivity index (χ2n) is 8.61. The minimum absolute atomic E-state index is 0.0929. The Balaban J connectivity index is 2.45. The van der Waals surface area contributed by atoms with E-state index in [9.17, 15) is 19.5 Å². The van der Waals surface area contributed by atoms with Gasteiger partial charge in [0.05, 0.1) is 12.3 Å². The maximum Gasteiger partial charge on any atom is 0.313 e. The predicted octanol–water partition coefficient (Wildman–Crippen LogP) is 2.55. The quantitative estimate of drug-likeness (QED) is 0.397. The van der Waals surface area contributed by atoms with Crippen molar-refractivity contribution in [3.8, 4) is 0 Å². The molecule has 172 valence electrons. The molecule has 0 saturated carbocycles. The molecule has 8 heteroatoms. The molecule has 8 nitrogen and oxygen atoms in total. The Morgan fingerprint density at radius 1 is 0.906 bits per heavy atom. The minimum atomic E-state index is -1.89. The average Bonchev–Trinajstić information content (AvgIpc) is 2.71. The van der Waals surface area contributed by atoms with E-state index in [1.54, 1.807) is 75.4 Å². The largest absolute Gasteiger partial charge is 0.481 e. The fourth-order valence-corrected chi connectivity index (χ4v) is 3.32. The molecule has 5 N–H and O–H groups in total. The molecule has 2 aromatic carbocycles. The van der Waals surface area contributed by atoms with Crippen molar-refractivity contribution in [3.63, 3.8) is 0 Å². The molecule has 0 aliphatic carbocycles. The minimum Gasteiger partial charge on any atom is -0.481 e. The highest BCUT2D eigenvalue weighted by molar-refractivity contribution is 5.86. The van der Waals surface area contributed by atoms with Crippen molar-refractivity contribution < 1.29 is 29.0 Å². The summed E-state index contributed by atoms with van der Waals surface area (Å²) < 4.78 is 10.8. The number of carbonyl (C=O) groups excluding carboxylic acids is 2. The van der Waals surface area contributed by atoms with Crippen LogP contribution in [0.15, 0.2) is 60.7 Å². The zero-order chi connectivity index (χ0) is 23.9. The van der Waals surface area contributed by atoms with Crippen LogP contribution >= 0.6 is 0 Å². The van der Waals surface area contributed by atoms with Crippen LogP contribution in [0.5, 0.6) is 0 Å². The fourth-order valence-electron chi connectivity index (χ4n) is 3.32. The number of aliphatic carboxylic acids is 1. The summed E-state index contributed by atoms with van der Waals surface area (Å²) >= 11 is 0. The standard InChI is InChI=1S/C24H30N2O6/c1-23(2,3)32-22(30)20(24(25,26)17-12-8-5-9-13-17)18(14-19(27)28)21(29)31-15-16-10-6-4-7-11-16/h4-13,18,20H,14-15,25-26H2,1-3H3,(H,27,28). The third-order valence-corrected chi connectivity index (χ3v) is 4.77. The molecule has 2 atom stereocenters. The summed E-state index contributed by atoms with van der Waals surface area (Å²) in [5, 5.41) is 9.48. The van der Waals surface area contributed by atoms with Gasteiger partial charge in [0.1, 0.15) is 23.8 Å². The summed E-state index contributed by atoms with van der Waals surface area (Å²) in [6, 6.07) is 17.2. The second kappa shape index (κ2) is 10.4. The first kappa shape index (κ1) is 25.0. The van der Waals surface area contributed by atoms with E-state index < -0.39 is 47.4 Å². The number of nitrogens with two attached hydrogens (primary N) is 2. The van der Waals surface area contributed by atoms with Gasteiger partial charge >= 0.3 is 17.9 Å². The van der Waals surface area contributed by atoms with Gasteiger partial charge in [-0.15, -0.1) is 0 Å². The highest BCUT2D eigenvalue weighted by Crippen LogP contribution is 2.34. The van der Waals surface area contributed by atoms with E-state index in [1.807, 2.05) is 6.07 Å². The molecule has 0 aromatic heterocycles. The van der Waals surface area contributed by atoms with Gasteiger partial charge in [0, 0.05) is 0 Å². The lowest BCUT2D eigenvalue weighted by Crippen LogP contribution is -2.59. The summed E-state index contributed by atoms with van der Waals surface area (Å²) in [5.74, 6) is -6.06. The number of hydrogen-bond acceptors (Lipinski definition) is 7. The van der Waals surface area contributed by atoms with E-state index in [0.717, 1.165) is 0 Å². The highest BCUT2D eigenvalue weighted by atomic mass is 16.6. The lowest BCUT2D eigenvalue weighted by atomic mass is 9.76. The Morgan fingerprint density at radius 3 is 1.94 bits per heavy atom. The average molecular weight is 443 g/mol. The smallest absolute Gasteiger partial charge is 0.313 e. The van der Waals surface area contributed by atoms with Crippen LogP contribution in [0.1, 0.15) is 38.3 Å². The van der Waals surface area contributed by atoms with Crippen LogP contribution in [0.4, 0.5) is 0 Å². The lowest BCUT2D eigenvalue weighted by Gasteiger charge is -2.37. The summed E-state index contributed by atoms with van der Waals surface area (Å²) in [5.41, 5.74) is 11.0. The van der Waals surface area contributed by atoms with Crippen molar-refractivity contribution in [1.82, 2.24) is 0 Å². The molecule has 0 fully saturated rings. The number of rotatable bonds is 9. The van der Waals surface area contributed by atoms with E-state index in [-0.39, 0.29) is 6.61 Å². The van der Waals surface area contributed by atoms with Crippen LogP contribution in [-0.4, -0.2) is 28.6 Å². The fraction of sp³-hybridized carbons (Fsp3) is 0.375. The van der Waals surface area contributed by atoms with Gasteiger partial charge in [0.2, 0.25) is 0 Å². The first-order valence-electron chi connectivity index (χ1n) is 10.2. The zero-order valence-electron chi connectivity index (χ0n) is 18.5. The van der Waals surface area contributed by atoms with Gasteiger partial charge in [-0.25, -0.2) is 0 Å². The van der Waals surface area contributed by atoms with Crippen LogP contribution in [-0.2, 0) is 36.1 Å². The van der Waals surface area contributed by atoms with E-state index in [0.29, 0.717) is 11.1 Å². The number of esters is 2. The molecule has 2 aromatic rings. The van der Waals surface area contributed by atoms with Gasteiger partial charge in [-0.05, 0) is 31.9 Å². The number of carboxylic acids is 1. The van der Waals surface area contributed by atoms with Crippen LogP contribution in [0.3, 0.4) is 0 Å². The SMILES string of the molecule is CC(C)(C)OC(=O)C(C(CC(=O)O)C(=O)OCc1ccccc1)C(N)(N)c1ccccc1. The van der Waals surface area contributed by atoms with Crippen molar-refractivity contribution in [2.24, 2.45) is 23.3 Å². The van der Waals surface area contributed by atoms with E-state index >= 15 is 0 Å². The van der Waals surface area contributed by atoms with Crippen molar-refractivity contribution in [3.05, 3.63) is 71.8 Å².